The van der Waals surface area contributed by atoms with E-state index < -0.39 is 6.10 Å². The molecule has 6 nitrogen and oxygen atoms in total. The fourth-order valence-corrected chi connectivity index (χ4v) is 2.93. The minimum atomic E-state index is -0.443. The number of aromatic amines is 1. The third-order valence-corrected chi connectivity index (χ3v) is 4.23. The predicted molar refractivity (Wildman–Crippen MR) is 96.5 cm³/mol. The Hall–Kier alpha value is -1.63. The van der Waals surface area contributed by atoms with Gasteiger partial charge in [0.15, 0.2) is 0 Å². The summed E-state index contributed by atoms with van der Waals surface area (Å²) < 4.78 is 5.65. The normalized spacial score (nSPS) is 18.2. The van der Waals surface area contributed by atoms with Gasteiger partial charge in [0.1, 0.15) is 0 Å². The van der Waals surface area contributed by atoms with Crippen molar-refractivity contribution in [2.24, 2.45) is 0 Å². The first-order valence-electron chi connectivity index (χ1n) is 8.65. The van der Waals surface area contributed by atoms with Crippen LogP contribution in [-0.4, -0.2) is 71.0 Å². The molecule has 0 saturated carbocycles. The van der Waals surface area contributed by atoms with Gasteiger partial charge >= 0.3 is 0 Å². The van der Waals surface area contributed by atoms with Crippen molar-refractivity contribution in [1.82, 2.24) is 14.9 Å². The molecule has 2 N–H and O–H groups in total. The zero-order valence-corrected chi connectivity index (χ0v) is 14.8. The fourth-order valence-electron chi connectivity index (χ4n) is 2.93. The molecule has 1 fully saturated rings. The summed E-state index contributed by atoms with van der Waals surface area (Å²) in [7, 11) is 0. The van der Waals surface area contributed by atoms with Gasteiger partial charge in [-0.1, -0.05) is 12.1 Å². The van der Waals surface area contributed by atoms with E-state index in [2.05, 4.69) is 19.8 Å². The van der Waals surface area contributed by atoms with Crippen LogP contribution >= 0.6 is 0 Å². The first-order chi connectivity index (χ1) is 11.4. The first-order valence-corrected chi connectivity index (χ1v) is 8.65. The molecule has 132 valence electrons. The van der Waals surface area contributed by atoms with E-state index in [0.717, 1.165) is 43.2 Å². The standard InChI is InChI=1S/C18H28N4O2/c1-18(2,3)24-13-14(23)12-21-8-10-22(11-9-21)17-19-15-6-4-5-7-16(15)20-17/h4-7,14,23H,8-13H2,1-3H3,(H,19,20). The number of ether oxygens (including phenoxy) is 1. The highest BCUT2D eigenvalue weighted by molar-refractivity contribution is 5.77. The summed E-state index contributed by atoms with van der Waals surface area (Å²) in [5.41, 5.74) is 1.87. The molecule has 0 radical (unpaired) electrons. The summed E-state index contributed by atoms with van der Waals surface area (Å²) in [6.45, 7) is 10.7. The van der Waals surface area contributed by atoms with Crippen LogP contribution in [0.5, 0.6) is 0 Å². The van der Waals surface area contributed by atoms with Gasteiger partial charge in [-0.05, 0) is 32.9 Å². The molecule has 1 atom stereocenters. The number of fused-ring (bicyclic) bond motifs is 1. The van der Waals surface area contributed by atoms with Crippen LogP contribution in [0.4, 0.5) is 5.95 Å². The number of nitrogens with zero attached hydrogens (tertiary/aromatic N) is 3. The highest BCUT2D eigenvalue weighted by Gasteiger charge is 2.22. The van der Waals surface area contributed by atoms with Gasteiger partial charge in [0.2, 0.25) is 5.95 Å². The molecule has 1 aliphatic heterocycles. The second-order valence-corrected chi connectivity index (χ2v) is 7.44. The quantitative estimate of drug-likeness (QED) is 0.875. The Labute approximate surface area is 143 Å². The molecule has 0 aliphatic carbocycles. The minimum Gasteiger partial charge on any atom is -0.389 e. The van der Waals surface area contributed by atoms with Crippen molar-refractivity contribution in [2.75, 3.05) is 44.2 Å². The van der Waals surface area contributed by atoms with Gasteiger partial charge in [0.05, 0.1) is 29.3 Å². The van der Waals surface area contributed by atoms with Gasteiger partial charge < -0.3 is 19.7 Å². The number of β-amino-alcohol motifs (C(OH)–C–C–N with tert-alkyl or cyclic N) is 1. The summed E-state index contributed by atoms with van der Waals surface area (Å²) in [5, 5.41) is 10.1. The number of aromatic nitrogens is 2. The molecule has 1 aromatic heterocycles. The maximum absolute atomic E-state index is 10.1. The van der Waals surface area contributed by atoms with Crippen LogP contribution in [0.25, 0.3) is 11.0 Å². The molecule has 1 saturated heterocycles. The number of H-pyrrole nitrogens is 1. The Bertz CT molecular complexity index is 623. The molecule has 0 bridgehead atoms. The molecule has 1 aliphatic rings. The third-order valence-electron chi connectivity index (χ3n) is 4.23. The van der Waals surface area contributed by atoms with Crippen LogP contribution < -0.4 is 4.90 Å². The smallest absolute Gasteiger partial charge is 0.203 e. The number of aliphatic hydroxyl groups excluding tert-OH is 1. The van der Waals surface area contributed by atoms with Crippen LogP contribution in [-0.2, 0) is 4.74 Å². The molecular weight excluding hydrogens is 304 g/mol. The number of piperazine rings is 1. The summed E-state index contributed by atoms with van der Waals surface area (Å²) in [5.74, 6) is 0.937. The van der Waals surface area contributed by atoms with E-state index in [1.807, 2.05) is 45.0 Å². The van der Waals surface area contributed by atoms with E-state index in [4.69, 9.17) is 4.74 Å². The van der Waals surface area contributed by atoms with Gasteiger partial charge in [0, 0.05) is 32.7 Å². The number of rotatable bonds is 5. The number of hydrogen-bond donors (Lipinski definition) is 2. The molecule has 2 heterocycles. The Morgan fingerprint density at radius 1 is 1.21 bits per heavy atom. The van der Waals surface area contributed by atoms with E-state index >= 15 is 0 Å². The van der Waals surface area contributed by atoms with Crippen molar-refractivity contribution in [3.63, 3.8) is 0 Å². The van der Waals surface area contributed by atoms with E-state index in [9.17, 15) is 5.11 Å². The summed E-state index contributed by atoms with van der Waals surface area (Å²) in [6, 6.07) is 8.10. The molecule has 0 spiro atoms. The molecule has 2 aromatic rings. The lowest BCUT2D eigenvalue weighted by molar-refractivity contribution is -0.0563. The first kappa shape index (κ1) is 17.2. The summed E-state index contributed by atoms with van der Waals surface area (Å²) in [4.78, 5) is 12.6. The van der Waals surface area contributed by atoms with Gasteiger partial charge in [-0.25, -0.2) is 4.98 Å². The Kier molecular flexibility index (Phi) is 5.08. The second kappa shape index (κ2) is 7.09. The average molecular weight is 332 g/mol. The van der Waals surface area contributed by atoms with Crippen molar-refractivity contribution in [1.29, 1.82) is 0 Å². The topological polar surface area (TPSA) is 64.6 Å². The van der Waals surface area contributed by atoms with Gasteiger partial charge in [-0.3, -0.25) is 4.90 Å². The lowest BCUT2D eigenvalue weighted by Crippen LogP contribution is -2.49. The SMILES string of the molecule is CC(C)(C)OCC(O)CN1CCN(c2nc3ccccc3[nH]2)CC1. The van der Waals surface area contributed by atoms with Crippen LogP contribution in [0, 0.1) is 0 Å². The van der Waals surface area contributed by atoms with Crippen LogP contribution in [0.15, 0.2) is 24.3 Å². The Morgan fingerprint density at radius 2 is 1.92 bits per heavy atom. The lowest BCUT2D eigenvalue weighted by Gasteiger charge is -2.35. The molecule has 1 unspecified atom stereocenters. The van der Waals surface area contributed by atoms with E-state index in [0.29, 0.717) is 13.2 Å². The monoisotopic (exact) mass is 332 g/mol. The number of nitrogens with one attached hydrogen (secondary N) is 1. The Morgan fingerprint density at radius 3 is 2.58 bits per heavy atom. The summed E-state index contributed by atoms with van der Waals surface area (Å²) in [6.07, 6.45) is -0.443. The van der Waals surface area contributed by atoms with Crippen molar-refractivity contribution in [3.8, 4) is 0 Å². The number of benzene rings is 1. The molecule has 3 rings (SSSR count). The number of aliphatic hydroxyl groups is 1. The number of hydrogen-bond acceptors (Lipinski definition) is 5. The molecular formula is C18H28N4O2. The van der Waals surface area contributed by atoms with Crippen molar-refractivity contribution in [2.45, 2.75) is 32.5 Å². The summed E-state index contributed by atoms with van der Waals surface area (Å²) >= 11 is 0. The molecule has 0 amide bonds. The zero-order chi connectivity index (χ0) is 17.2. The Balaban J connectivity index is 1.48. The van der Waals surface area contributed by atoms with Crippen molar-refractivity contribution >= 4 is 17.0 Å². The molecule has 6 heteroatoms. The van der Waals surface area contributed by atoms with Gasteiger partial charge in [0.25, 0.3) is 0 Å². The maximum Gasteiger partial charge on any atom is 0.203 e. The highest BCUT2D eigenvalue weighted by Crippen LogP contribution is 2.18. The van der Waals surface area contributed by atoms with Crippen LogP contribution in [0.1, 0.15) is 20.8 Å². The number of imidazole rings is 1. The van der Waals surface area contributed by atoms with Gasteiger partial charge in [-0.2, -0.15) is 0 Å². The third kappa shape index (κ3) is 4.47. The second-order valence-electron chi connectivity index (χ2n) is 7.44. The highest BCUT2D eigenvalue weighted by atomic mass is 16.5. The molecule has 24 heavy (non-hydrogen) atoms. The van der Waals surface area contributed by atoms with Gasteiger partial charge in [-0.15, -0.1) is 0 Å². The molecule has 1 aromatic carbocycles. The van der Waals surface area contributed by atoms with E-state index in [1.54, 1.807) is 0 Å². The van der Waals surface area contributed by atoms with Crippen LogP contribution in [0.2, 0.25) is 0 Å². The lowest BCUT2D eigenvalue weighted by atomic mass is 10.2. The fraction of sp³-hybridized carbons (Fsp3) is 0.611. The number of para-hydroxylation sites is 2. The minimum absolute atomic E-state index is 0.207. The van der Waals surface area contributed by atoms with Crippen molar-refractivity contribution < 1.29 is 9.84 Å². The maximum atomic E-state index is 10.1. The predicted octanol–water partition coefficient (Wildman–Crippen LogP) is 1.86. The number of anilines is 1. The van der Waals surface area contributed by atoms with E-state index in [-0.39, 0.29) is 5.60 Å². The largest absolute Gasteiger partial charge is 0.389 e. The average Bonchev–Trinajstić information content (AvgIpc) is 2.97. The zero-order valence-electron chi connectivity index (χ0n) is 14.8. The van der Waals surface area contributed by atoms with E-state index in [1.165, 1.54) is 0 Å². The van der Waals surface area contributed by atoms with Crippen LogP contribution in [0.3, 0.4) is 0 Å². The van der Waals surface area contributed by atoms with Crippen molar-refractivity contribution in [3.05, 3.63) is 24.3 Å².